The summed E-state index contributed by atoms with van der Waals surface area (Å²) in [6, 6.07) is 0. The van der Waals surface area contributed by atoms with Gasteiger partial charge in [-0.05, 0) is 57.8 Å². The minimum Gasteiger partial charge on any atom is -0.407 e. The van der Waals surface area contributed by atoms with E-state index in [1.807, 2.05) is 25.3 Å². The molecule has 0 N–H and O–H groups in total. The molecule has 0 saturated carbocycles. The molecule has 0 unspecified atom stereocenters. The van der Waals surface area contributed by atoms with E-state index in [-0.39, 0.29) is 10.9 Å². The lowest BCUT2D eigenvalue weighted by Crippen LogP contribution is -2.44. The van der Waals surface area contributed by atoms with E-state index in [9.17, 15) is 4.79 Å². The zero-order chi connectivity index (χ0) is 22.2. The molecule has 1 heterocycles. The van der Waals surface area contributed by atoms with Gasteiger partial charge in [0, 0.05) is 5.38 Å². The molecule has 1 aromatic heterocycles. The monoisotopic (exact) mass is 441 g/mol. The number of ether oxygens (including phenoxy) is 1. The number of aromatic nitrogens is 1. The van der Waals surface area contributed by atoms with Crippen LogP contribution in [0.25, 0.3) is 6.08 Å². The second-order valence-electron chi connectivity index (χ2n) is 8.94. The first-order valence-corrected chi connectivity index (χ1v) is 13.8. The fourth-order valence-electron chi connectivity index (χ4n) is 2.29. The first-order chi connectivity index (χ1) is 13.4. The van der Waals surface area contributed by atoms with Gasteiger partial charge >= 0.3 is 0 Å². The lowest BCUT2D eigenvalue weighted by atomic mass is 10.1. The maximum Gasteiger partial charge on any atom is 0.193 e. The van der Waals surface area contributed by atoms with Gasteiger partial charge in [-0.15, -0.1) is 11.3 Å². The average molecular weight is 442 g/mol. The predicted molar refractivity (Wildman–Crippen MR) is 122 cm³/mol. The van der Waals surface area contributed by atoms with E-state index in [2.05, 4.69) is 38.8 Å². The summed E-state index contributed by atoms with van der Waals surface area (Å²) in [6.07, 6.45) is 4.38. The minimum absolute atomic E-state index is 0.0136. The van der Waals surface area contributed by atoms with Gasteiger partial charge in [0.15, 0.2) is 8.32 Å². The highest BCUT2D eigenvalue weighted by atomic mass is 32.1. The molecule has 2 atom stereocenters. The number of carbonyl (C=O) groups excluding carboxylic acids is 1. The number of rotatable bonds is 11. The van der Waals surface area contributed by atoms with Crippen LogP contribution < -0.4 is 0 Å². The second kappa shape index (κ2) is 11.3. The largest absolute Gasteiger partial charge is 0.407 e. The molecule has 0 aromatic carbocycles. The topological polar surface area (TPSA) is 48.4 Å². The molecule has 0 aliphatic carbocycles. The summed E-state index contributed by atoms with van der Waals surface area (Å²) < 4.78 is 27.0. The first kappa shape index (κ1) is 25.9. The van der Waals surface area contributed by atoms with E-state index in [4.69, 9.17) is 9.16 Å². The maximum absolute atomic E-state index is 15.2. The number of hydrogen-bond acceptors (Lipinski definition) is 5. The van der Waals surface area contributed by atoms with E-state index in [0.29, 0.717) is 25.1 Å². The minimum atomic E-state index is -2.15. The molecule has 0 aliphatic rings. The zero-order valence-electron chi connectivity index (χ0n) is 19.0. The lowest BCUT2D eigenvalue weighted by molar-refractivity contribution is -0.117. The smallest absolute Gasteiger partial charge is 0.193 e. The second-order valence-corrected chi connectivity index (χ2v) is 14.8. The Balaban J connectivity index is 2.94. The van der Waals surface area contributed by atoms with Crippen LogP contribution in [0.3, 0.4) is 0 Å². The molecule has 0 aliphatic heterocycles. The molecule has 29 heavy (non-hydrogen) atoms. The molecule has 0 amide bonds. The molecule has 1 aromatic rings. The summed E-state index contributed by atoms with van der Waals surface area (Å²) in [5, 5.41) is 2.75. The van der Waals surface area contributed by atoms with Crippen molar-refractivity contribution in [2.24, 2.45) is 0 Å². The zero-order valence-corrected chi connectivity index (χ0v) is 20.9. The Hall–Kier alpha value is -1.15. The molecule has 4 nitrogen and oxygen atoms in total. The van der Waals surface area contributed by atoms with Crippen LogP contribution in [-0.4, -0.2) is 38.4 Å². The van der Waals surface area contributed by atoms with Crippen LogP contribution >= 0.6 is 11.3 Å². The van der Waals surface area contributed by atoms with E-state index in [1.54, 1.807) is 6.92 Å². The van der Waals surface area contributed by atoms with Crippen molar-refractivity contribution in [2.45, 2.75) is 84.7 Å². The summed E-state index contributed by atoms with van der Waals surface area (Å²) in [7, 11) is -2.15. The quantitative estimate of drug-likeness (QED) is 0.224. The number of nitrogens with zero attached hydrogens (tertiary/aromatic N) is 1. The van der Waals surface area contributed by atoms with Crippen LogP contribution in [0.2, 0.25) is 18.1 Å². The van der Waals surface area contributed by atoms with Crippen LogP contribution in [0.4, 0.5) is 4.39 Å². The van der Waals surface area contributed by atoms with Crippen molar-refractivity contribution in [2.75, 3.05) is 6.61 Å². The molecule has 0 bridgehead atoms. The average Bonchev–Trinajstić information content (AvgIpc) is 3.01. The van der Waals surface area contributed by atoms with Gasteiger partial charge in [0.2, 0.25) is 0 Å². The Morgan fingerprint density at radius 1 is 1.38 bits per heavy atom. The number of aldehydes is 1. The molecule has 0 fully saturated rings. The van der Waals surface area contributed by atoms with Crippen LogP contribution in [-0.2, 0) is 14.0 Å². The Bertz CT molecular complexity index is 722. The molecule has 0 radical (unpaired) electrons. The van der Waals surface area contributed by atoms with Crippen molar-refractivity contribution >= 4 is 32.0 Å². The number of halogens is 1. The van der Waals surface area contributed by atoms with Gasteiger partial charge in [0.05, 0.1) is 17.3 Å². The maximum atomic E-state index is 15.2. The van der Waals surface area contributed by atoms with Gasteiger partial charge in [-0.1, -0.05) is 32.4 Å². The van der Waals surface area contributed by atoms with Crippen LogP contribution in [0.1, 0.15) is 58.2 Å². The normalized spacial score (nSPS) is 16.0. The standard InChI is InChI=1S/C22H36FNO3SSi/c1-16(11-12-26-17(2)14-25)9-10-21(27-29(7,8)22(4,5)6)20(23)13-19-15-28-18(3)24-19/h9,13-15,17,21H,10-12H2,1-8H3/b16-9+,20-13+/t17-,21+/m1/s1. The summed E-state index contributed by atoms with van der Waals surface area (Å²) in [5.74, 6) is -0.296. The molecule has 164 valence electrons. The Morgan fingerprint density at radius 3 is 2.55 bits per heavy atom. The first-order valence-electron chi connectivity index (χ1n) is 10.1. The van der Waals surface area contributed by atoms with Gasteiger partial charge in [0.1, 0.15) is 24.3 Å². The van der Waals surface area contributed by atoms with E-state index >= 15 is 4.39 Å². The van der Waals surface area contributed by atoms with Crippen LogP contribution in [0.15, 0.2) is 22.9 Å². The third-order valence-corrected chi connectivity index (χ3v) is 10.5. The molecule has 0 saturated heterocycles. The summed E-state index contributed by atoms with van der Waals surface area (Å²) in [4.78, 5) is 15.0. The van der Waals surface area contributed by atoms with Crippen LogP contribution in [0, 0.1) is 6.92 Å². The SMILES string of the molecule is C/C(=C\C[C@H](O[Si](C)(C)C(C)(C)C)/C(F)=C\c1csc(C)n1)CCO[C@H](C)C=O. The predicted octanol–water partition coefficient (Wildman–Crippen LogP) is 6.48. The van der Waals surface area contributed by atoms with E-state index in [1.165, 1.54) is 17.4 Å². The fraction of sp³-hybridized carbons (Fsp3) is 0.636. The lowest BCUT2D eigenvalue weighted by Gasteiger charge is -2.38. The highest BCUT2D eigenvalue weighted by molar-refractivity contribution is 7.09. The van der Waals surface area contributed by atoms with Crippen molar-refractivity contribution in [1.29, 1.82) is 0 Å². The third kappa shape index (κ3) is 9.03. The number of thiazole rings is 1. The number of aryl methyl sites for hydroxylation is 1. The van der Waals surface area contributed by atoms with Crippen LogP contribution in [0.5, 0.6) is 0 Å². The Morgan fingerprint density at radius 2 is 2.03 bits per heavy atom. The summed E-state index contributed by atoms with van der Waals surface area (Å²) in [5.41, 5.74) is 1.72. The molecular weight excluding hydrogens is 405 g/mol. The van der Waals surface area contributed by atoms with E-state index in [0.717, 1.165) is 16.9 Å². The highest BCUT2D eigenvalue weighted by Crippen LogP contribution is 2.39. The number of hydrogen-bond donors (Lipinski definition) is 0. The molecular formula is C22H36FNO3SSi. The molecule has 1 rings (SSSR count). The third-order valence-electron chi connectivity index (χ3n) is 5.22. The Kier molecular flexibility index (Phi) is 10.1. The molecule has 7 heteroatoms. The van der Waals surface area contributed by atoms with Gasteiger partial charge < -0.3 is 14.0 Å². The van der Waals surface area contributed by atoms with Crippen molar-refractivity contribution in [1.82, 2.24) is 4.98 Å². The van der Waals surface area contributed by atoms with Crippen molar-refractivity contribution < 1.29 is 18.3 Å². The van der Waals surface area contributed by atoms with Crippen molar-refractivity contribution in [3.8, 4) is 0 Å². The van der Waals surface area contributed by atoms with Crippen molar-refractivity contribution in [3.05, 3.63) is 33.6 Å². The number of carbonyl (C=O) groups is 1. The van der Waals surface area contributed by atoms with Gasteiger partial charge in [-0.2, -0.15) is 0 Å². The summed E-state index contributed by atoms with van der Waals surface area (Å²) >= 11 is 1.50. The molecule has 0 spiro atoms. The summed E-state index contributed by atoms with van der Waals surface area (Å²) in [6.45, 7) is 16.8. The Labute approximate surface area is 180 Å². The van der Waals surface area contributed by atoms with Gasteiger partial charge in [-0.25, -0.2) is 9.37 Å². The van der Waals surface area contributed by atoms with Crippen molar-refractivity contribution in [3.63, 3.8) is 0 Å². The highest BCUT2D eigenvalue weighted by Gasteiger charge is 2.39. The van der Waals surface area contributed by atoms with Gasteiger partial charge in [-0.3, -0.25) is 0 Å². The van der Waals surface area contributed by atoms with E-state index < -0.39 is 20.5 Å². The fourth-order valence-corrected chi connectivity index (χ4v) is 4.13. The van der Waals surface area contributed by atoms with Gasteiger partial charge in [0.25, 0.3) is 0 Å².